The lowest BCUT2D eigenvalue weighted by Crippen LogP contribution is -2.50. The van der Waals surface area contributed by atoms with Crippen LogP contribution in [0.2, 0.25) is 18.1 Å². The molecule has 2 atom stereocenters. The number of aliphatic hydroxyl groups is 1. The van der Waals surface area contributed by atoms with Crippen LogP contribution in [-0.4, -0.2) is 37.1 Å². The third-order valence-corrected chi connectivity index (χ3v) is 10.7. The highest BCUT2D eigenvalue weighted by Gasteiger charge is 2.38. The van der Waals surface area contributed by atoms with E-state index in [4.69, 9.17) is 4.43 Å². The van der Waals surface area contributed by atoms with Gasteiger partial charge < -0.3 is 9.53 Å². The van der Waals surface area contributed by atoms with Gasteiger partial charge in [0.1, 0.15) is 0 Å². The summed E-state index contributed by atoms with van der Waals surface area (Å²) in [6.45, 7) is 15.5. The van der Waals surface area contributed by atoms with Crippen molar-refractivity contribution in [1.82, 2.24) is 4.90 Å². The van der Waals surface area contributed by atoms with Crippen molar-refractivity contribution in [3.63, 3.8) is 0 Å². The fourth-order valence-corrected chi connectivity index (χ4v) is 4.19. The minimum Gasteiger partial charge on any atom is -0.415 e. The molecule has 0 heterocycles. The fourth-order valence-electron chi connectivity index (χ4n) is 3.17. The molecule has 0 radical (unpaired) electrons. The quantitative estimate of drug-likeness (QED) is 0.496. The van der Waals surface area contributed by atoms with Crippen LogP contribution in [0.15, 0.2) is 60.7 Å². The van der Waals surface area contributed by atoms with E-state index >= 15 is 0 Å². The molecule has 0 saturated carbocycles. The fraction of sp³-hybridized carbons (Fsp3) is 0.520. The number of nitrogens with zero attached hydrogens (tertiary/aromatic N) is 1. The smallest absolute Gasteiger partial charge is 0.192 e. The Balaban J connectivity index is 2.27. The number of hydrogen-bond acceptors (Lipinski definition) is 3. The zero-order valence-electron chi connectivity index (χ0n) is 19.1. The van der Waals surface area contributed by atoms with Gasteiger partial charge in [-0.25, -0.2) is 0 Å². The summed E-state index contributed by atoms with van der Waals surface area (Å²) in [6.07, 6.45) is 0.290. The predicted octanol–water partition coefficient (Wildman–Crippen LogP) is 5.85. The van der Waals surface area contributed by atoms with Gasteiger partial charge in [0.15, 0.2) is 8.32 Å². The lowest BCUT2D eigenvalue weighted by atomic mass is 10.0. The molecule has 29 heavy (non-hydrogen) atoms. The summed E-state index contributed by atoms with van der Waals surface area (Å²) in [5, 5.41) is 11.1. The zero-order chi connectivity index (χ0) is 21.5. The lowest BCUT2D eigenvalue weighted by Gasteiger charge is -2.40. The predicted molar refractivity (Wildman–Crippen MR) is 125 cm³/mol. The molecule has 1 N–H and O–H groups in total. The summed E-state index contributed by atoms with van der Waals surface area (Å²) in [5.41, 5.74) is 2.51. The van der Waals surface area contributed by atoms with Crippen molar-refractivity contribution in [2.75, 3.05) is 6.61 Å². The van der Waals surface area contributed by atoms with Crippen LogP contribution in [0.3, 0.4) is 0 Å². The third-order valence-electron chi connectivity index (χ3n) is 6.21. The van der Waals surface area contributed by atoms with E-state index in [-0.39, 0.29) is 11.1 Å². The molecule has 160 valence electrons. The second kappa shape index (κ2) is 10.5. The van der Waals surface area contributed by atoms with E-state index in [0.717, 1.165) is 13.1 Å². The Bertz CT molecular complexity index is 671. The first-order chi connectivity index (χ1) is 13.6. The average molecular weight is 414 g/mol. The topological polar surface area (TPSA) is 32.7 Å². The summed E-state index contributed by atoms with van der Waals surface area (Å²) in [6, 6.07) is 21.0. The second-order valence-electron chi connectivity index (χ2n) is 9.49. The molecule has 0 fully saturated rings. The molecule has 0 aromatic heterocycles. The lowest BCUT2D eigenvalue weighted by molar-refractivity contribution is 0.00842. The molecule has 0 amide bonds. The molecule has 0 aliphatic heterocycles. The van der Waals surface area contributed by atoms with Gasteiger partial charge in [-0.15, -0.1) is 0 Å². The summed E-state index contributed by atoms with van der Waals surface area (Å²) in [7, 11) is -1.89. The van der Waals surface area contributed by atoms with Gasteiger partial charge in [0.05, 0.1) is 18.8 Å². The van der Waals surface area contributed by atoms with Crippen LogP contribution < -0.4 is 0 Å². The second-order valence-corrected chi connectivity index (χ2v) is 14.3. The first-order valence-electron chi connectivity index (χ1n) is 10.8. The van der Waals surface area contributed by atoms with Gasteiger partial charge >= 0.3 is 0 Å². The number of aliphatic hydroxyl groups excluding tert-OH is 1. The average Bonchev–Trinajstić information content (AvgIpc) is 2.68. The Morgan fingerprint density at radius 3 is 1.72 bits per heavy atom. The minimum absolute atomic E-state index is 0.0467. The molecule has 0 saturated heterocycles. The molecule has 2 aromatic rings. The van der Waals surface area contributed by atoms with Crippen LogP contribution in [0, 0.1) is 0 Å². The highest BCUT2D eigenvalue weighted by molar-refractivity contribution is 6.74. The van der Waals surface area contributed by atoms with E-state index < -0.39 is 14.4 Å². The van der Waals surface area contributed by atoms with Gasteiger partial charge in [-0.1, -0.05) is 88.4 Å². The maximum absolute atomic E-state index is 10.9. The van der Waals surface area contributed by atoms with E-state index in [2.05, 4.69) is 87.3 Å². The maximum atomic E-state index is 10.9. The normalized spacial score (nSPS) is 14.8. The van der Waals surface area contributed by atoms with Crippen molar-refractivity contribution >= 4 is 8.32 Å². The molecular formula is C25H39NO2Si. The molecular weight excluding hydrogens is 374 g/mol. The van der Waals surface area contributed by atoms with Crippen molar-refractivity contribution in [3.8, 4) is 0 Å². The van der Waals surface area contributed by atoms with Crippen LogP contribution in [0.1, 0.15) is 45.2 Å². The van der Waals surface area contributed by atoms with E-state index in [9.17, 15) is 5.11 Å². The van der Waals surface area contributed by atoms with Crippen LogP contribution in [0.25, 0.3) is 0 Å². The Morgan fingerprint density at radius 1 is 0.897 bits per heavy atom. The molecule has 2 aromatic carbocycles. The first kappa shape index (κ1) is 23.8. The maximum Gasteiger partial charge on any atom is 0.192 e. The molecule has 0 aliphatic carbocycles. The number of benzene rings is 2. The SMILES string of the molecule is CC[C@H](O)[C@H](CO[Si](C)(C)C(C)(C)C)N(Cc1ccccc1)Cc1ccccc1. The van der Waals surface area contributed by atoms with Gasteiger partial charge in [-0.3, -0.25) is 4.90 Å². The first-order valence-corrected chi connectivity index (χ1v) is 13.7. The summed E-state index contributed by atoms with van der Waals surface area (Å²) in [4.78, 5) is 2.38. The summed E-state index contributed by atoms with van der Waals surface area (Å²) < 4.78 is 6.57. The van der Waals surface area contributed by atoms with Gasteiger partial charge in [-0.2, -0.15) is 0 Å². The van der Waals surface area contributed by atoms with Gasteiger partial charge in [-0.05, 0) is 35.7 Å². The molecule has 0 spiro atoms. The molecule has 0 aliphatic rings. The van der Waals surface area contributed by atoms with Crippen molar-refractivity contribution < 1.29 is 9.53 Å². The van der Waals surface area contributed by atoms with E-state index in [0.29, 0.717) is 13.0 Å². The molecule has 4 heteroatoms. The van der Waals surface area contributed by atoms with Crippen LogP contribution in [0.5, 0.6) is 0 Å². The van der Waals surface area contributed by atoms with E-state index in [1.165, 1.54) is 11.1 Å². The van der Waals surface area contributed by atoms with Crippen LogP contribution >= 0.6 is 0 Å². The zero-order valence-corrected chi connectivity index (χ0v) is 20.1. The van der Waals surface area contributed by atoms with Crippen LogP contribution in [0.4, 0.5) is 0 Å². The highest BCUT2D eigenvalue weighted by atomic mass is 28.4. The Kier molecular flexibility index (Phi) is 8.65. The third kappa shape index (κ3) is 7.07. The van der Waals surface area contributed by atoms with Gasteiger partial charge in [0.25, 0.3) is 0 Å². The Hall–Kier alpha value is -1.46. The van der Waals surface area contributed by atoms with E-state index in [1.54, 1.807) is 0 Å². The molecule has 0 bridgehead atoms. The summed E-state index contributed by atoms with van der Waals surface area (Å²) in [5.74, 6) is 0. The van der Waals surface area contributed by atoms with E-state index in [1.807, 2.05) is 19.1 Å². The van der Waals surface area contributed by atoms with Gasteiger partial charge in [0, 0.05) is 13.1 Å². The Morgan fingerprint density at radius 2 is 1.34 bits per heavy atom. The standard InChI is InChI=1S/C25H39NO2Si/c1-7-24(27)23(20-28-29(5,6)25(2,3)4)26(18-21-14-10-8-11-15-21)19-22-16-12-9-13-17-22/h8-17,23-24,27H,7,18-20H2,1-6H3/t23-,24-/m0/s1. The number of hydrogen-bond donors (Lipinski definition) is 1. The highest BCUT2D eigenvalue weighted by Crippen LogP contribution is 2.37. The van der Waals surface area contributed by atoms with Gasteiger partial charge in [0.2, 0.25) is 0 Å². The molecule has 2 rings (SSSR count). The molecule has 3 nitrogen and oxygen atoms in total. The van der Waals surface area contributed by atoms with Crippen molar-refractivity contribution in [2.24, 2.45) is 0 Å². The Labute approximate surface area is 178 Å². The van der Waals surface area contributed by atoms with Crippen molar-refractivity contribution in [1.29, 1.82) is 0 Å². The van der Waals surface area contributed by atoms with Crippen LogP contribution in [-0.2, 0) is 17.5 Å². The summed E-state index contributed by atoms with van der Waals surface area (Å²) >= 11 is 0. The van der Waals surface area contributed by atoms with Crippen molar-refractivity contribution in [3.05, 3.63) is 71.8 Å². The molecule has 0 unspecified atom stereocenters. The number of rotatable bonds is 10. The monoisotopic (exact) mass is 413 g/mol. The minimum atomic E-state index is -1.89. The largest absolute Gasteiger partial charge is 0.415 e. The van der Waals surface area contributed by atoms with Crippen molar-refractivity contribution in [2.45, 2.75) is 77.5 Å².